The van der Waals surface area contributed by atoms with Crippen LogP contribution in [0.1, 0.15) is 80.1 Å². The third kappa shape index (κ3) is 2.34. The summed E-state index contributed by atoms with van der Waals surface area (Å²) in [5.41, 5.74) is -0.436. The number of carbonyl (C=O) groups is 2. The van der Waals surface area contributed by atoms with Gasteiger partial charge in [0.2, 0.25) is 0 Å². The van der Waals surface area contributed by atoms with Crippen LogP contribution in [-0.4, -0.2) is 39.5 Å². The fourth-order valence-corrected chi connectivity index (χ4v) is 4.59. The van der Waals surface area contributed by atoms with Crippen LogP contribution in [0.15, 0.2) is 10.7 Å². The highest BCUT2D eigenvalue weighted by atomic mass is 16.4. The summed E-state index contributed by atoms with van der Waals surface area (Å²) in [6.45, 7) is 0.501. The fourth-order valence-electron chi connectivity index (χ4n) is 4.59. The molecule has 2 atom stereocenters. The average molecular weight is 332 g/mol. The predicted molar refractivity (Wildman–Crippen MR) is 85.7 cm³/mol. The molecule has 130 valence electrons. The zero-order valence-corrected chi connectivity index (χ0v) is 13.9. The van der Waals surface area contributed by atoms with E-state index in [1.165, 1.54) is 12.7 Å². The Morgan fingerprint density at radius 3 is 2.71 bits per heavy atom. The van der Waals surface area contributed by atoms with Crippen LogP contribution in [0, 0.1) is 5.41 Å². The van der Waals surface area contributed by atoms with Crippen LogP contribution in [-0.2, 0) is 4.79 Å². The zero-order valence-electron chi connectivity index (χ0n) is 13.9. The van der Waals surface area contributed by atoms with Crippen molar-refractivity contribution in [1.82, 2.24) is 9.88 Å². The van der Waals surface area contributed by atoms with Crippen LogP contribution >= 0.6 is 0 Å². The first-order valence-corrected chi connectivity index (χ1v) is 9.11. The van der Waals surface area contributed by atoms with Gasteiger partial charge >= 0.3 is 5.97 Å². The van der Waals surface area contributed by atoms with Gasteiger partial charge in [-0.3, -0.25) is 9.59 Å². The molecule has 3 aliphatic rings. The molecule has 2 saturated carbocycles. The maximum Gasteiger partial charge on any atom is 0.311 e. The quantitative estimate of drug-likeness (QED) is 0.919. The van der Waals surface area contributed by atoms with Crippen molar-refractivity contribution in [3.63, 3.8) is 0 Å². The van der Waals surface area contributed by atoms with Gasteiger partial charge in [0.25, 0.3) is 5.91 Å². The lowest BCUT2D eigenvalue weighted by Crippen LogP contribution is -2.46. The minimum Gasteiger partial charge on any atom is -0.481 e. The van der Waals surface area contributed by atoms with Crippen LogP contribution in [0.4, 0.5) is 0 Å². The summed E-state index contributed by atoms with van der Waals surface area (Å²) in [7, 11) is 0. The Bertz CT molecular complexity index is 651. The molecule has 2 aliphatic carbocycles. The third-order valence-electron chi connectivity index (χ3n) is 6.30. The van der Waals surface area contributed by atoms with E-state index in [1.54, 1.807) is 4.90 Å². The number of rotatable bonds is 3. The summed E-state index contributed by atoms with van der Waals surface area (Å²) in [6.07, 6.45) is 9.73. The Morgan fingerprint density at radius 2 is 2.00 bits per heavy atom. The molecule has 1 aromatic rings. The van der Waals surface area contributed by atoms with Gasteiger partial charge in [0.05, 0.1) is 5.41 Å². The molecule has 2 heterocycles. The van der Waals surface area contributed by atoms with Crippen LogP contribution in [0.2, 0.25) is 0 Å². The van der Waals surface area contributed by atoms with E-state index in [0.717, 1.165) is 38.5 Å². The molecule has 3 fully saturated rings. The van der Waals surface area contributed by atoms with Crippen LogP contribution in [0.5, 0.6) is 0 Å². The topological polar surface area (TPSA) is 83.6 Å². The van der Waals surface area contributed by atoms with Crippen molar-refractivity contribution >= 4 is 11.9 Å². The second kappa shape index (κ2) is 5.90. The highest BCUT2D eigenvalue weighted by Gasteiger charge is 2.54. The number of hydrogen-bond acceptors (Lipinski definition) is 4. The Balaban J connectivity index is 1.57. The van der Waals surface area contributed by atoms with Gasteiger partial charge in [-0.15, -0.1) is 0 Å². The summed E-state index contributed by atoms with van der Waals surface area (Å²) in [5, 5.41) is 9.84. The van der Waals surface area contributed by atoms with Crippen molar-refractivity contribution in [3.05, 3.63) is 17.8 Å². The highest BCUT2D eigenvalue weighted by Crippen LogP contribution is 2.46. The van der Waals surface area contributed by atoms with Crippen molar-refractivity contribution in [1.29, 1.82) is 0 Å². The van der Waals surface area contributed by atoms with Crippen LogP contribution in [0.25, 0.3) is 0 Å². The first-order chi connectivity index (χ1) is 11.6. The van der Waals surface area contributed by atoms with E-state index < -0.39 is 11.4 Å². The lowest BCUT2D eigenvalue weighted by Gasteiger charge is -2.33. The molecule has 0 radical (unpaired) electrons. The van der Waals surface area contributed by atoms with Crippen LogP contribution in [0.3, 0.4) is 0 Å². The number of hydrogen-bond donors (Lipinski definition) is 1. The minimum absolute atomic E-state index is 0.167. The summed E-state index contributed by atoms with van der Waals surface area (Å²) in [4.78, 5) is 31.1. The minimum atomic E-state index is -0.771. The number of likely N-dealkylation sites (tertiary alicyclic amines) is 1. The van der Waals surface area contributed by atoms with E-state index in [9.17, 15) is 14.7 Å². The molecular weight excluding hydrogens is 308 g/mol. The Hall–Kier alpha value is -1.85. The third-order valence-corrected chi connectivity index (χ3v) is 6.30. The molecule has 24 heavy (non-hydrogen) atoms. The van der Waals surface area contributed by atoms with E-state index in [1.807, 2.05) is 0 Å². The summed E-state index contributed by atoms with van der Waals surface area (Å²) >= 11 is 0. The molecule has 1 N–H and O–H groups in total. The predicted octanol–water partition coefficient (Wildman–Crippen LogP) is 3.19. The number of aromatic nitrogens is 1. The molecule has 0 spiro atoms. The number of nitrogens with zero attached hydrogens (tertiary/aromatic N) is 2. The highest BCUT2D eigenvalue weighted by molar-refractivity contribution is 5.93. The molecule has 1 aliphatic heterocycles. The van der Waals surface area contributed by atoms with Gasteiger partial charge in [-0.2, -0.15) is 0 Å². The van der Waals surface area contributed by atoms with Gasteiger partial charge < -0.3 is 14.4 Å². The normalized spacial score (nSPS) is 30.5. The Morgan fingerprint density at radius 1 is 1.17 bits per heavy atom. The smallest absolute Gasteiger partial charge is 0.311 e. The van der Waals surface area contributed by atoms with Gasteiger partial charge in [-0.25, -0.2) is 4.98 Å². The van der Waals surface area contributed by atoms with Crippen molar-refractivity contribution in [2.24, 2.45) is 5.41 Å². The first-order valence-electron chi connectivity index (χ1n) is 9.11. The summed E-state index contributed by atoms with van der Waals surface area (Å²) in [6, 6.07) is -0.214. The molecule has 0 unspecified atom stereocenters. The summed E-state index contributed by atoms with van der Waals surface area (Å²) < 4.78 is 5.51. The SMILES string of the molecule is O=C(c1coc(C2CCC2)n1)N1CC[C@]2(C(=O)O)CCCCC[C@H]12. The first kappa shape index (κ1) is 15.7. The molecule has 6 nitrogen and oxygen atoms in total. The van der Waals surface area contributed by atoms with E-state index >= 15 is 0 Å². The van der Waals surface area contributed by atoms with Crippen molar-refractivity contribution < 1.29 is 19.1 Å². The number of fused-ring (bicyclic) bond motifs is 1. The number of carbonyl (C=O) groups excluding carboxylic acids is 1. The van der Waals surface area contributed by atoms with Crippen molar-refractivity contribution in [2.75, 3.05) is 6.54 Å². The molecule has 0 bridgehead atoms. The van der Waals surface area contributed by atoms with E-state index in [2.05, 4.69) is 4.98 Å². The molecule has 6 heteroatoms. The lowest BCUT2D eigenvalue weighted by atomic mass is 9.76. The number of carboxylic acid groups (broad SMARTS) is 1. The molecule has 1 amide bonds. The largest absolute Gasteiger partial charge is 0.481 e. The standard InChI is InChI=1S/C18H24N2O4/c21-16(13-11-24-15(19-13)12-5-4-6-12)20-10-9-18(17(22)23)8-3-1-2-7-14(18)20/h11-12,14H,1-10H2,(H,22,23)/t14-,18+/m0/s1. The number of aliphatic carboxylic acids is 1. The van der Waals surface area contributed by atoms with Gasteiger partial charge in [0, 0.05) is 18.5 Å². The van der Waals surface area contributed by atoms with Crippen molar-refractivity contribution in [2.45, 2.75) is 69.7 Å². The maximum absolute atomic E-state index is 12.9. The maximum atomic E-state index is 12.9. The Kier molecular flexibility index (Phi) is 3.85. The molecule has 1 saturated heterocycles. The molecule has 0 aromatic carbocycles. The lowest BCUT2D eigenvalue weighted by molar-refractivity contribution is -0.150. The van der Waals surface area contributed by atoms with E-state index in [-0.39, 0.29) is 11.9 Å². The van der Waals surface area contributed by atoms with Gasteiger partial charge in [0.15, 0.2) is 11.6 Å². The number of oxazole rings is 1. The second-order valence-corrected chi connectivity index (χ2v) is 7.52. The number of amides is 1. The van der Waals surface area contributed by atoms with E-state index in [4.69, 9.17) is 4.42 Å². The summed E-state index contributed by atoms with van der Waals surface area (Å²) in [5.74, 6) is 0.0923. The molecule has 4 rings (SSSR count). The average Bonchev–Trinajstić information content (AvgIpc) is 3.06. The monoisotopic (exact) mass is 332 g/mol. The van der Waals surface area contributed by atoms with Gasteiger partial charge in [-0.1, -0.05) is 25.7 Å². The second-order valence-electron chi connectivity index (χ2n) is 7.52. The van der Waals surface area contributed by atoms with Gasteiger partial charge in [0.1, 0.15) is 6.26 Å². The fraction of sp³-hybridized carbons (Fsp3) is 0.722. The zero-order chi connectivity index (χ0) is 16.7. The van der Waals surface area contributed by atoms with Crippen LogP contribution < -0.4 is 0 Å². The molecule has 1 aromatic heterocycles. The van der Waals surface area contributed by atoms with Crippen molar-refractivity contribution in [3.8, 4) is 0 Å². The number of carboxylic acids is 1. The Labute approximate surface area is 141 Å². The van der Waals surface area contributed by atoms with Gasteiger partial charge in [-0.05, 0) is 32.1 Å². The molecular formula is C18H24N2O4. The van der Waals surface area contributed by atoms with E-state index in [0.29, 0.717) is 36.9 Å².